The minimum Gasteiger partial charge on any atom is -0.496 e. The van der Waals surface area contributed by atoms with Crippen LogP contribution in [0.3, 0.4) is 0 Å². The van der Waals surface area contributed by atoms with Crippen LogP contribution in [0.25, 0.3) is 10.9 Å². The molecule has 1 aliphatic rings. The molecule has 0 atom stereocenters. The number of halogens is 1. The zero-order valence-corrected chi connectivity index (χ0v) is 16.9. The Labute approximate surface area is 174 Å². The third-order valence-electron chi connectivity index (χ3n) is 5.01. The molecule has 150 valence electrons. The molecule has 29 heavy (non-hydrogen) atoms. The maximum absolute atomic E-state index is 13.2. The van der Waals surface area contributed by atoms with Crippen molar-refractivity contribution in [2.24, 2.45) is 0 Å². The highest BCUT2D eigenvalue weighted by molar-refractivity contribution is 6.31. The predicted molar refractivity (Wildman–Crippen MR) is 114 cm³/mol. The minimum absolute atomic E-state index is 0.0646. The fraction of sp³-hybridized carbons (Fsp3) is 0.273. The molecule has 1 saturated heterocycles. The molecule has 1 amide bonds. The van der Waals surface area contributed by atoms with E-state index in [1.54, 1.807) is 24.3 Å². The standard InChI is InChI=1S/C22H22ClN3O3/c1-28-20-5-3-2-4-15(20)13-25-21-17-12-16(23)6-7-19(17)24-14-18(21)22(27)26-8-10-29-11-9-26/h2-7,12,14H,8-11,13H2,1H3,(H,24,25). The first-order valence-corrected chi connectivity index (χ1v) is 9.86. The summed E-state index contributed by atoms with van der Waals surface area (Å²) in [5.41, 5.74) is 3.01. The topological polar surface area (TPSA) is 63.7 Å². The summed E-state index contributed by atoms with van der Waals surface area (Å²) in [6, 6.07) is 13.3. The van der Waals surface area contributed by atoms with Gasteiger partial charge < -0.3 is 19.7 Å². The van der Waals surface area contributed by atoms with Gasteiger partial charge in [0, 0.05) is 41.8 Å². The lowest BCUT2D eigenvalue weighted by molar-refractivity contribution is 0.0303. The third-order valence-corrected chi connectivity index (χ3v) is 5.24. The van der Waals surface area contributed by atoms with E-state index in [1.165, 1.54) is 0 Å². The number of carbonyl (C=O) groups excluding carboxylic acids is 1. The second kappa shape index (κ2) is 8.68. The summed E-state index contributed by atoms with van der Waals surface area (Å²) in [6.45, 7) is 2.72. The van der Waals surface area contributed by atoms with E-state index >= 15 is 0 Å². The molecule has 6 nitrogen and oxygen atoms in total. The number of benzene rings is 2. The van der Waals surface area contributed by atoms with E-state index in [9.17, 15) is 4.79 Å². The number of para-hydroxylation sites is 1. The number of pyridine rings is 1. The Kier molecular flexibility index (Phi) is 5.83. The number of nitrogens with zero attached hydrogens (tertiary/aromatic N) is 2. The number of carbonyl (C=O) groups is 1. The molecule has 3 aromatic rings. The lowest BCUT2D eigenvalue weighted by Gasteiger charge is -2.28. The van der Waals surface area contributed by atoms with E-state index in [0.29, 0.717) is 43.4 Å². The first kappa shape index (κ1) is 19.5. The smallest absolute Gasteiger partial charge is 0.257 e. The van der Waals surface area contributed by atoms with E-state index < -0.39 is 0 Å². The molecule has 1 aromatic heterocycles. The number of amides is 1. The van der Waals surface area contributed by atoms with Crippen LogP contribution in [0, 0.1) is 0 Å². The molecule has 0 bridgehead atoms. The van der Waals surface area contributed by atoms with E-state index in [-0.39, 0.29) is 5.91 Å². The molecular weight excluding hydrogens is 390 g/mol. The van der Waals surface area contributed by atoms with Crippen molar-refractivity contribution in [3.63, 3.8) is 0 Å². The monoisotopic (exact) mass is 411 g/mol. The number of methoxy groups -OCH3 is 1. The van der Waals surface area contributed by atoms with Crippen LogP contribution >= 0.6 is 11.6 Å². The third kappa shape index (κ3) is 4.13. The largest absolute Gasteiger partial charge is 0.496 e. The summed E-state index contributed by atoms with van der Waals surface area (Å²) in [5.74, 6) is 0.725. The number of fused-ring (bicyclic) bond motifs is 1. The average molecular weight is 412 g/mol. The van der Waals surface area contributed by atoms with Crippen LogP contribution in [0.1, 0.15) is 15.9 Å². The first-order chi connectivity index (χ1) is 14.2. The second-order valence-corrected chi connectivity index (χ2v) is 7.21. The number of rotatable bonds is 5. The summed E-state index contributed by atoms with van der Waals surface area (Å²) >= 11 is 6.25. The number of hydrogen-bond acceptors (Lipinski definition) is 5. The van der Waals surface area contributed by atoms with Gasteiger partial charge in [0.05, 0.1) is 37.1 Å². The van der Waals surface area contributed by atoms with Gasteiger partial charge in [-0.1, -0.05) is 29.8 Å². The summed E-state index contributed by atoms with van der Waals surface area (Å²) in [4.78, 5) is 19.5. The van der Waals surface area contributed by atoms with Crippen LogP contribution in [0.4, 0.5) is 5.69 Å². The molecule has 1 fully saturated rings. The molecule has 0 aliphatic carbocycles. The van der Waals surface area contributed by atoms with Crippen molar-refractivity contribution in [1.29, 1.82) is 0 Å². The number of aromatic nitrogens is 1. The number of anilines is 1. The molecule has 0 unspecified atom stereocenters. The molecule has 0 radical (unpaired) electrons. The maximum Gasteiger partial charge on any atom is 0.257 e. The first-order valence-electron chi connectivity index (χ1n) is 9.48. The highest BCUT2D eigenvalue weighted by atomic mass is 35.5. The Morgan fingerprint density at radius 2 is 2.03 bits per heavy atom. The minimum atomic E-state index is -0.0646. The van der Waals surface area contributed by atoms with Crippen LogP contribution in [0.2, 0.25) is 5.02 Å². The van der Waals surface area contributed by atoms with Crippen molar-refractivity contribution >= 4 is 34.1 Å². The van der Waals surface area contributed by atoms with Gasteiger partial charge in [-0.05, 0) is 24.3 Å². The Hall–Kier alpha value is -2.83. The lowest BCUT2D eigenvalue weighted by atomic mass is 10.1. The van der Waals surface area contributed by atoms with Gasteiger partial charge in [-0.2, -0.15) is 0 Å². The van der Waals surface area contributed by atoms with Crippen molar-refractivity contribution < 1.29 is 14.3 Å². The highest BCUT2D eigenvalue weighted by Gasteiger charge is 2.23. The summed E-state index contributed by atoms with van der Waals surface area (Å²) in [7, 11) is 1.65. The van der Waals surface area contributed by atoms with Gasteiger partial charge in [-0.25, -0.2) is 0 Å². The number of ether oxygens (including phenoxy) is 2. The zero-order valence-electron chi connectivity index (χ0n) is 16.2. The van der Waals surface area contributed by atoms with E-state index in [2.05, 4.69) is 10.3 Å². The van der Waals surface area contributed by atoms with Gasteiger partial charge in [0.25, 0.3) is 5.91 Å². The predicted octanol–water partition coefficient (Wildman–Crippen LogP) is 3.98. The number of hydrogen-bond donors (Lipinski definition) is 1. The molecule has 7 heteroatoms. The van der Waals surface area contributed by atoms with Gasteiger partial charge in [0.15, 0.2) is 0 Å². The Morgan fingerprint density at radius 3 is 2.83 bits per heavy atom. The van der Waals surface area contributed by atoms with E-state index in [0.717, 1.165) is 27.9 Å². The van der Waals surface area contributed by atoms with Gasteiger partial charge in [-0.15, -0.1) is 0 Å². The van der Waals surface area contributed by atoms with Crippen LogP contribution < -0.4 is 10.1 Å². The number of nitrogens with one attached hydrogen (secondary N) is 1. The Bertz CT molecular complexity index is 1030. The summed E-state index contributed by atoms with van der Waals surface area (Å²) < 4.78 is 10.8. The zero-order chi connectivity index (χ0) is 20.2. The van der Waals surface area contributed by atoms with Crippen LogP contribution in [-0.4, -0.2) is 49.2 Å². The van der Waals surface area contributed by atoms with Gasteiger partial charge in [0.1, 0.15) is 5.75 Å². The SMILES string of the molecule is COc1ccccc1CNc1c(C(=O)N2CCOCC2)cnc2ccc(Cl)cc12. The van der Waals surface area contributed by atoms with E-state index in [1.807, 2.05) is 36.4 Å². The molecule has 1 N–H and O–H groups in total. The fourth-order valence-corrected chi connectivity index (χ4v) is 3.66. The average Bonchev–Trinajstić information content (AvgIpc) is 2.77. The van der Waals surface area contributed by atoms with Crippen LogP contribution in [0.15, 0.2) is 48.7 Å². The normalized spacial score (nSPS) is 14.1. The molecule has 0 saturated carbocycles. The van der Waals surface area contributed by atoms with Crippen molar-refractivity contribution in [2.75, 3.05) is 38.7 Å². The van der Waals surface area contributed by atoms with Crippen molar-refractivity contribution in [2.45, 2.75) is 6.54 Å². The molecule has 2 heterocycles. The molecule has 1 aliphatic heterocycles. The molecule has 0 spiro atoms. The summed E-state index contributed by atoms with van der Waals surface area (Å²) in [6.07, 6.45) is 1.64. The quantitative estimate of drug-likeness (QED) is 0.688. The van der Waals surface area contributed by atoms with Crippen molar-refractivity contribution in [3.8, 4) is 5.75 Å². The van der Waals surface area contributed by atoms with Crippen molar-refractivity contribution in [3.05, 3.63) is 64.8 Å². The fourth-order valence-electron chi connectivity index (χ4n) is 3.49. The molecule has 4 rings (SSSR count). The van der Waals surface area contributed by atoms with E-state index in [4.69, 9.17) is 21.1 Å². The van der Waals surface area contributed by atoms with Crippen molar-refractivity contribution in [1.82, 2.24) is 9.88 Å². The van der Waals surface area contributed by atoms with Crippen LogP contribution in [-0.2, 0) is 11.3 Å². The van der Waals surface area contributed by atoms with Gasteiger partial charge in [0.2, 0.25) is 0 Å². The van der Waals surface area contributed by atoms with Crippen LogP contribution in [0.5, 0.6) is 5.75 Å². The number of morpholine rings is 1. The lowest BCUT2D eigenvalue weighted by Crippen LogP contribution is -2.41. The molecular formula is C22H22ClN3O3. The van der Waals surface area contributed by atoms with Gasteiger partial charge >= 0.3 is 0 Å². The highest BCUT2D eigenvalue weighted by Crippen LogP contribution is 2.31. The summed E-state index contributed by atoms with van der Waals surface area (Å²) in [5, 5.41) is 4.84. The molecule has 2 aromatic carbocycles. The second-order valence-electron chi connectivity index (χ2n) is 6.78. The Balaban J connectivity index is 1.74. The van der Waals surface area contributed by atoms with Gasteiger partial charge in [-0.3, -0.25) is 9.78 Å². The Morgan fingerprint density at radius 1 is 1.24 bits per heavy atom. The maximum atomic E-state index is 13.2.